The van der Waals surface area contributed by atoms with Gasteiger partial charge in [0, 0.05) is 16.0 Å². The molecule has 0 aliphatic carbocycles. The summed E-state index contributed by atoms with van der Waals surface area (Å²) in [4.78, 5) is 0.220. The van der Waals surface area contributed by atoms with Crippen LogP contribution in [0.1, 0.15) is 5.56 Å². The zero-order chi connectivity index (χ0) is 15.5. The summed E-state index contributed by atoms with van der Waals surface area (Å²) in [6.07, 6.45) is 0. The summed E-state index contributed by atoms with van der Waals surface area (Å²) in [5.41, 5.74) is 1.34. The third-order valence-corrected chi connectivity index (χ3v) is 5.02. The SMILES string of the molecule is CNCc1cccc(S(=O)(=O)Nc2ccc(Cl)cc2Br)c1. The number of nitrogens with one attached hydrogen (secondary N) is 2. The van der Waals surface area contributed by atoms with Crippen molar-refractivity contribution in [3.05, 3.63) is 57.5 Å². The minimum absolute atomic E-state index is 0.220. The van der Waals surface area contributed by atoms with E-state index in [2.05, 4.69) is 26.0 Å². The molecular weight excluding hydrogens is 376 g/mol. The minimum atomic E-state index is -3.64. The van der Waals surface area contributed by atoms with Gasteiger partial charge in [-0.15, -0.1) is 0 Å². The number of hydrogen-bond donors (Lipinski definition) is 2. The van der Waals surface area contributed by atoms with E-state index in [1.165, 1.54) is 0 Å². The van der Waals surface area contributed by atoms with Crippen LogP contribution in [0.25, 0.3) is 0 Å². The van der Waals surface area contributed by atoms with Crippen molar-refractivity contribution in [2.24, 2.45) is 0 Å². The monoisotopic (exact) mass is 388 g/mol. The predicted octanol–water partition coefficient (Wildman–Crippen LogP) is 3.62. The molecule has 7 heteroatoms. The second-order valence-corrected chi connectivity index (χ2v) is 7.38. The van der Waals surface area contributed by atoms with Gasteiger partial charge in [0.1, 0.15) is 0 Å². The van der Waals surface area contributed by atoms with Crippen molar-refractivity contribution in [1.82, 2.24) is 5.32 Å². The van der Waals surface area contributed by atoms with Crippen LogP contribution in [0.2, 0.25) is 5.02 Å². The molecule has 2 rings (SSSR count). The van der Waals surface area contributed by atoms with Crippen molar-refractivity contribution in [2.45, 2.75) is 11.4 Å². The van der Waals surface area contributed by atoms with Crippen LogP contribution < -0.4 is 10.0 Å². The molecule has 0 fully saturated rings. The fourth-order valence-electron chi connectivity index (χ4n) is 1.80. The largest absolute Gasteiger partial charge is 0.316 e. The number of sulfonamides is 1. The molecule has 0 aliphatic heterocycles. The average Bonchev–Trinajstić information content (AvgIpc) is 2.43. The van der Waals surface area contributed by atoms with E-state index in [0.717, 1.165) is 5.56 Å². The van der Waals surface area contributed by atoms with Crippen LogP contribution in [0, 0.1) is 0 Å². The van der Waals surface area contributed by atoms with Crippen LogP contribution in [-0.4, -0.2) is 15.5 Å². The van der Waals surface area contributed by atoms with Crippen LogP contribution in [-0.2, 0) is 16.6 Å². The number of rotatable bonds is 5. The Morgan fingerprint density at radius 3 is 2.62 bits per heavy atom. The molecule has 0 atom stereocenters. The molecule has 0 spiro atoms. The molecule has 0 saturated carbocycles. The van der Waals surface area contributed by atoms with Gasteiger partial charge in [0.15, 0.2) is 0 Å². The highest BCUT2D eigenvalue weighted by molar-refractivity contribution is 9.10. The Kier molecular flexibility index (Phi) is 5.27. The summed E-state index contributed by atoms with van der Waals surface area (Å²) >= 11 is 9.14. The van der Waals surface area contributed by atoms with Gasteiger partial charge in [-0.2, -0.15) is 0 Å². The first-order valence-electron chi connectivity index (χ1n) is 6.14. The topological polar surface area (TPSA) is 58.2 Å². The molecule has 0 aromatic heterocycles. The van der Waals surface area contributed by atoms with Crippen molar-refractivity contribution in [2.75, 3.05) is 11.8 Å². The Balaban J connectivity index is 2.31. The van der Waals surface area contributed by atoms with E-state index in [1.54, 1.807) is 36.4 Å². The van der Waals surface area contributed by atoms with Gasteiger partial charge in [-0.05, 0) is 58.9 Å². The van der Waals surface area contributed by atoms with E-state index in [9.17, 15) is 8.42 Å². The van der Waals surface area contributed by atoms with Gasteiger partial charge in [0.2, 0.25) is 0 Å². The molecule has 0 aliphatic rings. The number of halogens is 2. The lowest BCUT2D eigenvalue weighted by Crippen LogP contribution is -2.14. The van der Waals surface area contributed by atoms with Gasteiger partial charge < -0.3 is 5.32 Å². The molecule has 0 heterocycles. The average molecular weight is 390 g/mol. The Morgan fingerprint density at radius 2 is 1.95 bits per heavy atom. The van der Waals surface area contributed by atoms with Crippen molar-refractivity contribution in [3.8, 4) is 0 Å². The molecule has 0 saturated heterocycles. The molecule has 2 N–H and O–H groups in total. The van der Waals surface area contributed by atoms with E-state index in [0.29, 0.717) is 21.7 Å². The maximum Gasteiger partial charge on any atom is 0.261 e. The summed E-state index contributed by atoms with van der Waals surface area (Å²) in [7, 11) is -1.83. The third kappa shape index (κ3) is 4.20. The van der Waals surface area contributed by atoms with E-state index in [1.807, 2.05) is 13.1 Å². The predicted molar refractivity (Wildman–Crippen MR) is 89.2 cm³/mol. The second-order valence-electron chi connectivity index (χ2n) is 4.41. The fourth-order valence-corrected chi connectivity index (χ4v) is 3.87. The van der Waals surface area contributed by atoms with Crippen molar-refractivity contribution >= 4 is 43.2 Å². The van der Waals surface area contributed by atoms with Crippen LogP contribution in [0.3, 0.4) is 0 Å². The maximum atomic E-state index is 12.4. The first-order valence-corrected chi connectivity index (χ1v) is 8.79. The summed E-state index contributed by atoms with van der Waals surface area (Å²) in [6, 6.07) is 11.7. The lowest BCUT2D eigenvalue weighted by atomic mass is 10.2. The Morgan fingerprint density at radius 1 is 1.19 bits per heavy atom. The number of hydrogen-bond acceptors (Lipinski definition) is 3. The molecule has 0 amide bonds. The molecule has 21 heavy (non-hydrogen) atoms. The molecule has 2 aromatic rings. The molecule has 4 nitrogen and oxygen atoms in total. The highest BCUT2D eigenvalue weighted by Crippen LogP contribution is 2.28. The summed E-state index contributed by atoms with van der Waals surface area (Å²) in [5, 5.41) is 3.52. The van der Waals surface area contributed by atoms with Crippen molar-refractivity contribution < 1.29 is 8.42 Å². The molecule has 2 aromatic carbocycles. The lowest BCUT2D eigenvalue weighted by molar-refractivity contribution is 0.601. The summed E-state index contributed by atoms with van der Waals surface area (Å²) < 4.78 is 28.0. The van der Waals surface area contributed by atoms with Crippen molar-refractivity contribution in [3.63, 3.8) is 0 Å². The van der Waals surface area contributed by atoms with E-state index < -0.39 is 10.0 Å². The van der Waals surface area contributed by atoms with Crippen molar-refractivity contribution in [1.29, 1.82) is 0 Å². The Bertz CT molecular complexity index is 750. The maximum absolute atomic E-state index is 12.4. The number of anilines is 1. The molecule has 0 bridgehead atoms. The highest BCUT2D eigenvalue weighted by atomic mass is 79.9. The van der Waals surface area contributed by atoms with Gasteiger partial charge in [-0.1, -0.05) is 23.7 Å². The second kappa shape index (κ2) is 6.79. The number of benzene rings is 2. The standard InChI is InChI=1S/C14H14BrClN2O2S/c1-17-9-10-3-2-4-12(7-10)21(19,20)18-14-6-5-11(16)8-13(14)15/h2-8,17-18H,9H2,1H3. The highest BCUT2D eigenvalue weighted by Gasteiger charge is 2.16. The van der Waals surface area contributed by atoms with E-state index >= 15 is 0 Å². The van der Waals surface area contributed by atoms with Gasteiger partial charge in [0.05, 0.1) is 10.6 Å². The Labute approximate surface area is 137 Å². The Hall–Kier alpha value is -1.08. The lowest BCUT2D eigenvalue weighted by Gasteiger charge is -2.11. The molecule has 0 radical (unpaired) electrons. The fraction of sp³-hybridized carbons (Fsp3) is 0.143. The normalized spacial score (nSPS) is 11.4. The minimum Gasteiger partial charge on any atom is -0.316 e. The molecule has 0 unspecified atom stereocenters. The van der Waals surface area contributed by atoms with Gasteiger partial charge >= 0.3 is 0 Å². The van der Waals surface area contributed by atoms with E-state index in [4.69, 9.17) is 11.6 Å². The zero-order valence-electron chi connectivity index (χ0n) is 11.2. The van der Waals surface area contributed by atoms with Gasteiger partial charge in [-0.25, -0.2) is 8.42 Å². The first kappa shape index (κ1) is 16.3. The van der Waals surface area contributed by atoms with Crippen LogP contribution in [0.15, 0.2) is 51.8 Å². The van der Waals surface area contributed by atoms with Gasteiger partial charge in [0.25, 0.3) is 10.0 Å². The van der Waals surface area contributed by atoms with Crippen LogP contribution in [0.4, 0.5) is 5.69 Å². The zero-order valence-corrected chi connectivity index (χ0v) is 14.4. The first-order chi connectivity index (χ1) is 9.92. The molecular formula is C14H14BrClN2O2S. The smallest absolute Gasteiger partial charge is 0.261 e. The quantitative estimate of drug-likeness (QED) is 0.821. The van der Waals surface area contributed by atoms with Gasteiger partial charge in [-0.3, -0.25) is 4.72 Å². The van der Waals surface area contributed by atoms with Crippen LogP contribution in [0.5, 0.6) is 0 Å². The summed E-state index contributed by atoms with van der Waals surface area (Å²) in [6.45, 7) is 0.605. The molecule has 112 valence electrons. The summed E-state index contributed by atoms with van der Waals surface area (Å²) in [5.74, 6) is 0. The van der Waals surface area contributed by atoms with E-state index in [-0.39, 0.29) is 4.90 Å². The van der Waals surface area contributed by atoms with Crippen LogP contribution >= 0.6 is 27.5 Å². The third-order valence-electron chi connectivity index (χ3n) is 2.77.